The third-order valence-electron chi connectivity index (χ3n) is 5.02. The lowest BCUT2D eigenvalue weighted by molar-refractivity contribution is -0.147. The van der Waals surface area contributed by atoms with Gasteiger partial charge in [-0.05, 0) is 49.4 Å². The molecule has 1 amide bonds. The number of carbonyl (C=O) groups excluding carboxylic acids is 1. The molecule has 2 heterocycles. The SMILES string of the molecule is O=C(NC1(C(=O)O)CCC(C(F)F)CC1)c1cncc(-c2ccncc2)c1. The van der Waals surface area contributed by atoms with E-state index < -0.39 is 29.8 Å². The van der Waals surface area contributed by atoms with E-state index in [1.165, 1.54) is 6.20 Å². The van der Waals surface area contributed by atoms with Gasteiger partial charge >= 0.3 is 5.97 Å². The fourth-order valence-corrected chi connectivity index (χ4v) is 3.33. The number of carbonyl (C=O) groups is 2. The zero-order valence-corrected chi connectivity index (χ0v) is 14.4. The Hall–Kier alpha value is -2.90. The summed E-state index contributed by atoms with van der Waals surface area (Å²) in [4.78, 5) is 32.4. The van der Waals surface area contributed by atoms with Crippen molar-refractivity contribution in [2.75, 3.05) is 0 Å². The van der Waals surface area contributed by atoms with Gasteiger partial charge in [0.25, 0.3) is 5.91 Å². The molecule has 0 atom stereocenters. The van der Waals surface area contributed by atoms with Gasteiger partial charge in [-0.2, -0.15) is 0 Å². The predicted molar refractivity (Wildman–Crippen MR) is 93.3 cm³/mol. The Labute approximate surface area is 154 Å². The number of pyridine rings is 2. The highest BCUT2D eigenvalue weighted by Gasteiger charge is 2.45. The van der Waals surface area contributed by atoms with E-state index in [0.717, 1.165) is 5.56 Å². The maximum Gasteiger partial charge on any atom is 0.329 e. The summed E-state index contributed by atoms with van der Waals surface area (Å²) >= 11 is 0. The van der Waals surface area contributed by atoms with Crippen molar-refractivity contribution >= 4 is 11.9 Å². The highest BCUT2D eigenvalue weighted by molar-refractivity contribution is 5.98. The van der Waals surface area contributed by atoms with Crippen LogP contribution in [0.5, 0.6) is 0 Å². The van der Waals surface area contributed by atoms with Crippen molar-refractivity contribution in [3.05, 3.63) is 48.5 Å². The van der Waals surface area contributed by atoms with Crippen LogP contribution in [-0.2, 0) is 4.79 Å². The lowest BCUT2D eigenvalue weighted by Crippen LogP contribution is -2.56. The molecule has 0 spiro atoms. The first-order valence-corrected chi connectivity index (χ1v) is 8.61. The van der Waals surface area contributed by atoms with Crippen LogP contribution in [0.2, 0.25) is 0 Å². The second kappa shape index (κ2) is 7.77. The molecular formula is C19H19F2N3O3. The standard InChI is InChI=1S/C19H19F2N3O3/c20-16(21)13-1-5-19(6-2-13,18(26)27)24-17(25)15-9-14(10-23-11-15)12-3-7-22-8-4-12/h3-4,7-11,13,16H,1-2,5-6H2,(H,24,25)(H,26,27). The Kier molecular flexibility index (Phi) is 5.43. The van der Waals surface area contributed by atoms with Gasteiger partial charge in [0.05, 0.1) is 5.56 Å². The number of aromatic nitrogens is 2. The van der Waals surface area contributed by atoms with Crippen molar-refractivity contribution in [3.8, 4) is 11.1 Å². The highest BCUT2D eigenvalue weighted by Crippen LogP contribution is 2.35. The third kappa shape index (κ3) is 4.10. The normalized spacial score (nSPS) is 22.4. The van der Waals surface area contributed by atoms with Crippen molar-refractivity contribution in [2.45, 2.75) is 37.6 Å². The van der Waals surface area contributed by atoms with Gasteiger partial charge < -0.3 is 10.4 Å². The summed E-state index contributed by atoms with van der Waals surface area (Å²) in [6, 6.07) is 5.14. The van der Waals surface area contributed by atoms with Crippen LogP contribution in [0.25, 0.3) is 11.1 Å². The second-order valence-corrected chi connectivity index (χ2v) is 6.71. The first-order valence-electron chi connectivity index (χ1n) is 8.61. The van der Waals surface area contributed by atoms with Crippen LogP contribution in [0, 0.1) is 5.92 Å². The summed E-state index contributed by atoms with van der Waals surface area (Å²) in [6.07, 6.45) is 3.74. The monoisotopic (exact) mass is 375 g/mol. The molecule has 1 aliphatic carbocycles. The minimum atomic E-state index is -2.48. The van der Waals surface area contributed by atoms with Gasteiger partial charge in [-0.1, -0.05) is 0 Å². The largest absolute Gasteiger partial charge is 0.480 e. The molecule has 142 valence electrons. The van der Waals surface area contributed by atoms with E-state index in [2.05, 4.69) is 15.3 Å². The Bertz CT molecular complexity index is 822. The molecule has 1 aliphatic rings. The fraction of sp³-hybridized carbons (Fsp3) is 0.368. The Morgan fingerprint density at radius 1 is 1.11 bits per heavy atom. The summed E-state index contributed by atoms with van der Waals surface area (Å²) in [6.45, 7) is 0. The van der Waals surface area contributed by atoms with Crippen LogP contribution < -0.4 is 5.32 Å². The first kappa shape index (κ1) is 18.9. The fourth-order valence-electron chi connectivity index (χ4n) is 3.33. The van der Waals surface area contributed by atoms with E-state index in [4.69, 9.17) is 0 Å². The number of rotatable bonds is 5. The van der Waals surface area contributed by atoms with E-state index in [1.807, 2.05) is 0 Å². The van der Waals surface area contributed by atoms with Crippen molar-refractivity contribution < 1.29 is 23.5 Å². The first-order chi connectivity index (χ1) is 12.9. The molecule has 2 aromatic rings. The molecule has 1 fully saturated rings. The van der Waals surface area contributed by atoms with Crippen LogP contribution in [0.3, 0.4) is 0 Å². The van der Waals surface area contributed by atoms with Gasteiger partial charge in [0, 0.05) is 36.3 Å². The number of alkyl halides is 2. The number of hydrogen-bond acceptors (Lipinski definition) is 4. The molecule has 27 heavy (non-hydrogen) atoms. The maximum atomic E-state index is 12.9. The molecule has 0 bridgehead atoms. The zero-order valence-electron chi connectivity index (χ0n) is 14.4. The summed E-state index contributed by atoms with van der Waals surface area (Å²) in [5, 5.41) is 12.2. The molecule has 0 aromatic carbocycles. The highest BCUT2D eigenvalue weighted by atomic mass is 19.3. The Morgan fingerprint density at radius 3 is 2.37 bits per heavy atom. The molecule has 0 saturated heterocycles. The molecule has 0 radical (unpaired) electrons. The number of carboxylic acid groups (broad SMARTS) is 1. The molecule has 8 heteroatoms. The molecule has 2 N–H and O–H groups in total. The third-order valence-corrected chi connectivity index (χ3v) is 5.02. The number of nitrogens with one attached hydrogen (secondary N) is 1. The Morgan fingerprint density at radius 2 is 1.78 bits per heavy atom. The van der Waals surface area contributed by atoms with E-state index >= 15 is 0 Å². The van der Waals surface area contributed by atoms with Crippen molar-refractivity contribution in [1.29, 1.82) is 0 Å². The van der Waals surface area contributed by atoms with Gasteiger partial charge in [0.15, 0.2) is 0 Å². The number of nitrogens with zero attached hydrogens (tertiary/aromatic N) is 2. The topological polar surface area (TPSA) is 92.2 Å². The van der Waals surface area contributed by atoms with Crippen molar-refractivity contribution in [3.63, 3.8) is 0 Å². The van der Waals surface area contributed by atoms with Crippen LogP contribution in [0.15, 0.2) is 43.0 Å². The lowest BCUT2D eigenvalue weighted by atomic mass is 9.76. The van der Waals surface area contributed by atoms with Crippen LogP contribution in [0.4, 0.5) is 8.78 Å². The number of amides is 1. The smallest absolute Gasteiger partial charge is 0.329 e. The number of aliphatic carboxylic acids is 1. The van der Waals surface area contributed by atoms with Crippen LogP contribution >= 0.6 is 0 Å². The Balaban J connectivity index is 1.78. The second-order valence-electron chi connectivity index (χ2n) is 6.71. The minimum absolute atomic E-state index is 0.0272. The molecule has 6 nitrogen and oxygen atoms in total. The number of hydrogen-bond donors (Lipinski definition) is 2. The average Bonchev–Trinajstić information content (AvgIpc) is 2.69. The lowest BCUT2D eigenvalue weighted by Gasteiger charge is -2.37. The molecular weight excluding hydrogens is 356 g/mol. The van der Waals surface area contributed by atoms with Crippen LogP contribution in [0.1, 0.15) is 36.0 Å². The maximum absolute atomic E-state index is 12.9. The van der Waals surface area contributed by atoms with Gasteiger partial charge in [-0.15, -0.1) is 0 Å². The van der Waals surface area contributed by atoms with E-state index in [1.54, 1.807) is 36.8 Å². The predicted octanol–water partition coefficient (Wildman–Crippen LogP) is 3.15. The summed E-state index contributed by atoms with van der Waals surface area (Å²) < 4.78 is 25.7. The quantitative estimate of drug-likeness (QED) is 0.838. The van der Waals surface area contributed by atoms with Crippen molar-refractivity contribution in [1.82, 2.24) is 15.3 Å². The van der Waals surface area contributed by atoms with E-state index in [-0.39, 0.29) is 31.2 Å². The zero-order chi connectivity index (χ0) is 19.4. The minimum Gasteiger partial charge on any atom is -0.480 e. The van der Waals surface area contributed by atoms with E-state index in [0.29, 0.717) is 5.56 Å². The average molecular weight is 375 g/mol. The molecule has 0 aliphatic heterocycles. The van der Waals surface area contributed by atoms with Gasteiger partial charge in [-0.25, -0.2) is 13.6 Å². The summed E-state index contributed by atoms with van der Waals surface area (Å²) in [5.41, 5.74) is 0.184. The molecule has 3 rings (SSSR count). The van der Waals surface area contributed by atoms with Gasteiger partial charge in [0.1, 0.15) is 5.54 Å². The van der Waals surface area contributed by atoms with Crippen LogP contribution in [-0.4, -0.2) is 38.9 Å². The molecule has 1 saturated carbocycles. The van der Waals surface area contributed by atoms with Gasteiger partial charge in [0.2, 0.25) is 6.43 Å². The van der Waals surface area contributed by atoms with Gasteiger partial charge in [-0.3, -0.25) is 14.8 Å². The number of halogens is 2. The summed E-state index contributed by atoms with van der Waals surface area (Å²) in [5.74, 6) is -2.62. The molecule has 0 unspecified atom stereocenters. The number of carboxylic acids is 1. The van der Waals surface area contributed by atoms with Crippen molar-refractivity contribution in [2.24, 2.45) is 5.92 Å². The van der Waals surface area contributed by atoms with E-state index in [9.17, 15) is 23.5 Å². The molecule has 2 aromatic heterocycles. The summed E-state index contributed by atoms with van der Waals surface area (Å²) in [7, 11) is 0.